The lowest BCUT2D eigenvalue weighted by Gasteiger charge is -2.34. The predicted molar refractivity (Wildman–Crippen MR) is 104 cm³/mol. The molecular weight excluding hydrogens is 376 g/mol. The summed E-state index contributed by atoms with van der Waals surface area (Å²) < 4.78 is 1.09. The Bertz CT molecular complexity index is 943. The number of amides is 1. The second kappa shape index (κ2) is 6.55. The topological polar surface area (TPSA) is 49.3 Å². The van der Waals surface area contributed by atoms with E-state index in [1.807, 2.05) is 36.9 Å². The monoisotopic (exact) mass is 392 g/mol. The third kappa shape index (κ3) is 3.23. The van der Waals surface area contributed by atoms with Crippen molar-refractivity contribution < 1.29 is 4.79 Å². The summed E-state index contributed by atoms with van der Waals surface area (Å²) in [4.78, 5) is 26.7. The summed E-state index contributed by atoms with van der Waals surface area (Å²) in [6.07, 6.45) is 0. The molecule has 1 saturated heterocycles. The molecule has 1 aromatic carbocycles. The van der Waals surface area contributed by atoms with E-state index < -0.39 is 0 Å². The van der Waals surface area contributed by atoms with E-state index >= 15 is 0 Å². The van der Waals surface area contributed by atoms with Crippen LogP contribution >= 0.6 is 34.3 Å². The van der Waals surface area contributed by atoms with Crippen LogP contribution < -0.4 is 4.90 Å². The third-order valence-electron chi connectivity index (χ3n) is 4.27. The maximum absolute atomic E-state index is 12.7. The summed E-state index contributed by atoms with van der Waals surface area (Å²) in [5.74, 6) is 0.0961. The molecule has 0 atom stereocenters. The van der Waals surface area contributed by atoms with Crippen LogP contribution in [0.1, 0.15) is 20.4 Å². The second-order valence-electron chi connectivity index (χ2n) is 6.04. The molecule has 5 nitrogen and oxygen atoms in total. The van der Waals surface area contributed by atoms with E-state index in [-0.39, 0.29) is 5.91 Å². The lowest BCUT2D eigenvalue weighted by molar-refractivity contribution is 0.0750. The zero-order valence-corrected chi connectivity index (χ0v) is 16.3. The Labute approximate surface area is 158 Å². The zero-order valence-electron chi connectivity index (χ0n) is 14.0. The van der Waals surface area contributed by atoms with E-state index in [9.17, 15) is 4.79 Å². The normalized spacial score (nSPS) is 15.2. The van der Waals surface area contributed by atoms with Crippen LogP contribution in [0.25, 0.3) is 10.2 Å². The molecule has 0 saturated carbocycles. The smallest absolute Gasteiger partial charge is 0.265 e. The molecule has 1 aliphatic rings. The van der Waals surface area contributed by atoms with E-state index in [0.717, 1.165) is 49.0 Å². The number of aryl methyl sites for hydroxylation is 2. The molecule has 2 aromatic heterocycles. The Hall–Kier alpha value is -1.70. The molecule has 0 aliphatic carbocycles. The third-order valence-corrected chi connectivity index (χ3v) is 6.65. The maximum atomic E-state index is 12.7. The minimum Gasteiger partial charge on any atom is -0.345 e. The first kappa shape index (κ1) is 16.8. The van der Waals surface area contributed by atoms with Crippen LogP contribution in [-0.2, 0) is 0 Å². The van der Waals surface area contributed by atoms with Crippen LogP contribution in [0.15, 0.2) is 18.2 Å². The van der Waals surface area contributed by atoms with E-state index in [1.54, 1.807) is 11.3 Å². The molecule has 0 spiro atoms. The molecule has 3 heterocycles. The zero-order chi connectivity index (χ0) is 17.6. The Morgan fingerprint density at radius 1 is 1.12 bits per heavy atom. The predicted octanol–water partition coefficient (Wildman–Crippen LogP) is 3.99. The van der Waals surface area contributed by atoms with Gasteiger partial charge in [0.15, 0.2) is 5.13 Å². The molecule has 1 amide bonds. The van der Waals surface area contributed by atoms with Gasteiger partial charge in [-0.25, -0.2) is 9.97 Å². The van der Waals surface area contributed by atoms with Gasteiger partial charge in [0, 0.05) is 31.2 Å². The molecule has 4 rings (SSSR count). The minimum atomic E-state index is 0.0961. The SMILES string of the molecule is Cc1nc(C)c(C(=O)N2CCN(c3nc4ccc(Cl)cc4s3)CC2)s1. The van der Waals surface area contributed by atoms with Crippen molar-refractivity contribution in [2.45, 2.75) is 13.8 Å². The molecule has 8 heteroatoms. The number of hydrogen-bond acceptors (Lipinski definition) is 6. The van der Waals surface area contributed by atoms with Gasteiger partial charge in [0.25, 0.3) is 5.91 Å². The van der Waals surface area contributed by atoms with Crippen molar-refractivity contribution in [3.8, 4) is 0 Å². The van der Waals surface area contributed by atoms with Crippen molar-refractivity contribution in [1.29, 1.82) is 0 Å². The maximum Gasteiger partial charge on any atom is 0.265 e. The van der Waals surface area contributed by atoms with Crippen molar-refractivity contribution in [2.75, 3.05) is 31.1 Å². The van der Waals surface area contributed by atoms with Gasteiger partial charge in [0.1, 0.15) is 4.88 Å². The van der Waals surface area contributed by atoms with Gasteiger partial charge in [-0.15, -0.1) is 11.3 Å². The average Bonchev–Trinajstić information content (AvgIpc) is 3.16. The van der Waals surface area contributed by atoms with Crippen LogP contribution in [0, 0.1) is 13.8 Å². The van der Waals surface area contributed by atoms with Crippen molar-refractivity contribution in [2.24, 2.45) is 0 Å². The Morgan fingerprint density at radius 2 is 1.88 bits per heavy atom. The minimum absolute atomic E-state index is 0.0961. The highest BCUT2D eigenvalue weighted by atomic mass is 35.5. The summed E-state index contributed by atoms with van der Waals surface area (Å²) in [6, 6.07) is 5.77. The Kier molecular flexibility index (Phi) is 4.39. The van der Waals surface area contributed by atoms with Gasteiger partial charge >= 0.3 is 0 Å². The number of hydrogen-bond donors (Lipinski definition) is 0. The second-order valence-corrected chi connectivity index (χ2v) is 8.68. The first-order chi connectivity index (χ1) is 12.0. The number of carbonyl (C=O) groups excluding carboxylic acids is 1. The molecule has 3 aromatic rings. The largest absolute Gasteiger partial charge is 0.345 e. The van der Waals surface area contributed by atoms with Crippen LogP contribution in [-0.4, -0.2) is 47.0 Å². The number of anilines is 1. The van der Waals surface area contributed by atoms with E-state index in [4.69, 9.17) is 16.6 Å². The van der Waals surface area contributed by atoms with Gasteiger partial charge in [-0.2, -0.15) is 0 Å². The summed E-state index contributed by atoms with van der Waals surface area (Å²) in [5, 5.41) is 2.66. The van der Waals surface area contributed by atoms with Gasteiger partial charge in [-0.1, -0.05) is 22.9 Å². The van der Waals surface area contributed by atoms with E-state index in [1.165, 1.54) is 11.3 Å². The van der Waals surface area contributed by atoms with Crippen LogP contribution in [0.3, 0.4) is 0 Å². The Balaban J connectivity index is 1.47. The first-order valence-corrected chi connectivity index (χ1v) is 10.1. The lowest BCUT2D eigenvalue weighted by atomic mass is 10.3. The van der Waals surface area contributed by atoms with Crippen molar-refractivity contribution in [1.82, 2.24) is 14.9 Å². The van der Waals surface area contributed by atoms with Gasteiger partial charge in [-0.3, -0.25) is 4.79 Å². The molecular formula is C17H17ClN4OS2. The van der Waals surface area contributed by atoms with Crippen molar-refractivity contribution in [3.05, 3.63) is 38.8 Å². The molecule has 0 bridgehead atoms. The number of carbonyl (C=O) groups is 1. The number of thiazole rings is 2. The van der Waals surface area contributed by atoms with Gasteiger partial charge in [-0.05, 0) is 32.0 Å². The highest BCUT2D eigenvalue weighted by molar-refractivity contribution is 7.22. The molecule has 130 valence electrons. The van der Waals surface area contributed by atoms with Crippen LogP contribution in [0.4, 0.5) is 5.13 Å². The Morgan fingerprint density at radius 3 is 2.56 bits per heavy atom. The summed E-state index contributed by atoms with van der Waals surface area (Å²) in [5.41, 5.74) is 1.80. The van der Waals surface area contributed by atoms with Crippen molar-refractivity contribution in [3.63, 3.8) is 0 Å². The van der Waals surface area contributed by atoms with Crippen LogP contribution in [0.5, 0.6) is 0 Å². The first-order valence-electron chi connectivity index (χ1n) is 8.05. The molecule has 0 radical (unpaired) electrons. The number of rotatable bonds is 2. The molecule has 0 unspecified atom stereocenters. The molecule has 25 heavy (non-hydrogen) atoms. The number of aromatic nitrogens is 2. The molecule has 0 N–H and O–H groups in total. The molecule has 1 aliphatic heterocycles. The fourth-order valence-electron chi connectivity index (χ4n) is 3.00. The number of nitrogens with zero attached hydrogens (tertiary/aromatic N) is 4. The number of piperazine rings is 1. The van der Waals surface area contributed by atoms with Crippen molar-refractivity contribution >= 4 is 55.5 Å². The quantitative estimate of drug-likeness (QED) is 0.661. The van der Waals surface area contributed by atoms with Crippen LogP contribution in [0.2, 0.25) is 5.02 Å². The highest BCUT2D eigenvalue weighted by Crippen LogP contribution is 2.31. The fraction of sp³-hybridized carbons (Fsp3) is 0.353. The lowest BCUT2D eigenvalue weighted by Crippen LogP contribution is -2.48. The average molecular weight is 393 g/mol. The summed E-state index contributed by atoms with van der Waals surface area (Å²) in [6.45, 7) is 6.81. The van der Waals surface area contributed by atoms with Gasteiger partial charge in [0.05, 0.1) is 20.9 Å². The van der Waals surface area contributed by atoms with E-state index in [0.29, 0.717) is 13.1 Å². The molecule has 1 fully saturated rings. The number of benzene rings is 1. The summed E-state index contributed by atoms with van der Waals surface area (Å²) in [7, 11) is 0. The van der Waals surface area contributed by atoms with Gasteiger partial charge < -0.3 is 9.80 Å². The summed E-state index contributed by atoms with van der Waals surface area (Å²) >= 11 is 9.18. The fourth-order valence-corrected chi connectivity index (χ4v) is 5.18. The number of halogens is 1. The highest BCUT2D eigenvalue weighted by Gasteiger charge is 2.26. The van der Waals surface area contributed by atoms with E-state index in [2.05, 4.69) is 9.88 Å². The standard InChI is InChI=1S/C17H17ClN4OS2/c1-10-15(24-11(2)19-10)16(23)21-5-7-22(8-6-21)17-20-13-4-3-12(18)9-14(13)25-17/h3-4,9H,5-8H2,1-2H3. The van der Waals surface area contributed by atoms with Gasteiger partial charge in [0.2, 0.25) is 0 Å². The number of fused-ring (bicyclic) bond motifs is 1.